The maximum absolute atomic E-state index is 12.7. The van der Waals surface area contributed by atoms with E-state index in [1.807, 2.05) is 0 Å². The van der Waals surface area contributed by atoms with Crippen LogP contribution in [0.5, 0.6) is 0 Å². The molecule has 3 rings (SSSR count). The van der Waals surface area contributed by atoms with Gasteiger partial charge in [0.05, 0.1) is 6.04 Å². The highest BCUT2D eigenvalue weighted by atomic mass is 19.4. The number of fused-ring (bicyclic) bond motifs is 1. The van der Waals surface area contributed by atoms with Crippen molar-refractivity contribution in [3.05, 3.63) is 23.4 Å². The second kappa shape index (κ2) is 7.22. The Balaban J connectivity index is 0.000000396. The van der Waals surface area contributed by atoms with Crippen LogP contribution in [0.15, 0.2) is 12.1 Å². The zero-order valence-electron chi connectivity index (χ0n) is 16.5. The molecule has 0 bridgehead atoms. The molecule has 3 atom stereocenters. The lowest BCUT2D eigenvalue weighted by atomic mass is 10.0. The first kappa shape index (κ1) is 19.0. The number of rotatable bonds is 2. The number of aliphatic carboxylic acids is 1. The molecule has 1 aromatic heterocycles. The van der Waals surface area contributed by atoms with Crippen molar-refractivity contribution in [2.45, 2.75) is 51.1 Å². The standard InChI is InChI=1S/C14H16F3N3O.C2HF3O2/c1-7-3-4-9(14(15,16)17)19-11(7)20-12(21)8-5-13(2)6-10(13)18-8;3-2(4,5)1(6)7/h3-4,8,10,18H,5-6H2,1-2H3,(H,19,20,21);(H,6,7)/t8-,10+,13-;/m0./s1/i6D2;. The van der Waals surface area contributed by atoms with Gasteiger partial charge in [-0.05, 0) is 36.8 Å². The SMILES string of the molecule is O=C(O)C(F)(F)F.[2H]C1([2H])[C@H]2N[C@H](C(=O)Nc3nc(C(F)(F)F)ccc3C)C[C@]21C. The van der Waals surface area contributed by atoms with Crippen molar-refractivity contribution >= 4 is 17.7 Å². The molecule has 0 spiro atoms. The van der Waals surface area contributed by atoms with Gasteiger partial charge in [-0.1, -0.05) is 13.0 Å². The van der Waals surface area contributed by atoms with E-state index < -0.39 is 53.8 Å². The third kappa shape index (κ3) is 5.12. The Morgan fingerprint density at radius 1 is 1.32 bits per heavy atom. The van der Waals surface area contributed by atoms with Gasteiger partial charge in [0.15, 0.2) is 0 Å². The molecule has 1 aromatic rings. The minimum atomic E-state index is -5.08. The molecule has 1 aliphatic carbocycles. The number of hydrogen-bond donors (Lipinski definition) is 3. The second-order valence-corrected chi connectivity index (χ2v) is 6.57. The predicted molar refractivity (Wildman–Crippen MR) is 84.3 cm³/mol. The summed E-state index contributed by atoms with van der Waals surface area (Å²) in [5.41, 5.74) is -1.24. The monoisotopic (exact) mass is 415 g/mol. The van der Waals surface area contributed by atoms with E-state index in [1.165, 1.54) is 6.07 Å². The Morgan fingerprint density at radius 3 is 2.32 bits per heavy atom. The molecule has 6 nitrogen and oxygen atoms in total. The summed E-state index contributed by atoms with van der Waals surface area (Å²) in [6.07, 6.45) is -10.7. The van der Waals surface area contributed by atoms with Crippen LogP contribution < -0.4 is 10.6 Å². The number of amides is 1. The minimum Gasteiger partial charge on any atom is -0.475 e. The van der Waals surface area contributed by atoms with E-state index in [1.54, 1.807) is 13.8 Å². The van der Waals surface area contributed by atoms with E-state index in [0.29, 0.717) is 12.0 Å². The maximum Gasteiger partial charge on any atom is 0.490 e. The van der Waals surface area contributed by atoms with Crippen LogP contribution in [0.2, 0.25) is 0 Å². The molecule has 0 unspecified atom stereocenters. The summed E-state index contributed by atoms with van der Waals surface area (Å²) in [6.45, 7) is 3.31. The Hall–Kier alpha value is -2.37. The summed E-state index contributed by atoms with van der Waals surface area (Å²) in [7, 11) is 0. The lowest BCUT2D eigenvalue weighted by Gasteiger charge is -2.16. The van der Waals surface area contributed by atoms with E-state index in [-0.39, 0.29) is 5.82 Å². The van der Waals surface area contributed by atoms with E-state index in [4.69, 9.17) is 12.6 Å². The van der Waals surface area contributed by atoms with Crippen molar-refractivity contribution in [3.8, 4) is 0 Å². The number of nitrogens with zero attached hydrogens (tertiary/aromatic N) is 1. The van der Waals surface area contributed by atoms with Gasteiger partial charge in [-0.2, -0.15) is 26.3 Å². The van der Waals surface area contributed by atoms with Gasteiger partial charge in [-0.15, -0.1) is 0 Å². The number of alkyl halides is 6. The molecule has 28 heavy (non-hydrogen) atoms. The molecule has 156 valence electrons. The first-order chi connectivity index (χ1) is 13.4. The number of aryl methyl sites for hydroxylation is 1. The third-order valence-electron chi connectivity index (χ3n) is 4.21. The number of aromatic nitrogens is 1. The zero-order valence-corrected chi connectivity index (χ0v) is 14.5. The van der Waals surface area contributed by atoms with Crippen LogP contribution in [-0.4, -0.2) is 40.2 Å². The van der Waals surface area contributed by atoms with Gasteiger partial charge in [-0.25, -0.2) is 9.78 Å². The number of carbonyl (C=O) groups is 2. The van der Waals surface area contributed by atoms with Crippen LogP contribution in [0.3, 0.4) is 0 Å². The van der Waals surface area contributed by atoms with Gasteiger partial charge in [-0.3, -0.25) is 4.79 Å². The molecular weight excluding hydrogens is 396 g/mol. The van der Waals surface area contributed by atoms with Gasteiger partial charge >= 0.3 is 18.3 Å². The number of pyridine rings is 1. The summed E-state index contributed by atoms with van der Waals surface area (Å²) < 4.78 is 85.4. The van der Waals surface area contributed by atoms with Crippen LogP contribution in [0.4, 0.5) is 32.2 Å². The Bertz CT molecular complexity index is 862. The fourth-order valence-corrected chi connectivity index (χ4v) is 2.56. The highest BCUT2D eigenvalue weighted by molar-refractivity contribution is 5.95. The van der Waals surface area contributed by atoms with Crippen LogP contribution >= 0.6 is 0 Å². The Kier molecular flexibility index (Phi) is 4.89. The number of piperidine rings is 1. The molecule has 1 saturated carbocycles. The molecule has 2 heterocycles. The number of carboxylic acid groups (broad SMARTS) is 1. The largest absolute Gasteiger partial charge is 0.490 e. The fourth-order valence-electron chi connectivity index (χ4n) is 2.56. The minimum absolute atomic E-state index is 0.125. The highest BCUT2D eigenvalue weighted by Crippen LogP contribution is 2.53. The topological polar surface area (TPSA) is 91.3 Å². The van der Waals surface area contributed by atoms with Crippen LogP contribution in [0, 0.1) is 12.3 Å². The molecule has 1 amide bonds. The average Bonchev–Trinajstić information content (AvgIpc) is 2.87. The summed E-state index contributed by atoms with van der Waals surface area (Å²) in [6, 6.07) is 1.08. The summed E-state index contributed by atoms with van der Waals surface area (Å²) in [4.78, 5) is 24.6. The molecule has 0 radical (unpaired) electrons. The van der Waals surface area contributed by atoms with Gasteiger partial charge in [0.1, 0.15) is 11.5 Å². The van der Waals surface area contributed by atoms with Crippen LogP contribution in [0.25, 0.3) is 0 Å². The van der Waals surface area contributed by atoms with Crippen LogP contribution in [0.1, 0.15) is 33.7 Å². The lowest BCUT2D eigenvalue weighted by molar-refractivity contribution is -0.192. The first-order valence-corrected chi connectivity index (χ1v) is 7.83. The first-order valence-electron chi connectivity index (χ1n) is 8.83. The number of carboxylic acids is 1. The fraction of sp³-hybridized carbons (Fsp3) is 0.562. The van der Waals surface area contributed by atoms with E-state index in [0.717, 1.165) is 6.07 Å². The summed E-state index contributed by atoms with van der Waals surface area (Å²) in [5, 5.41) is 12.4. The summed E-state index contributed by atoms with van der Waals surface area (Å²) >= 11 is 0. The smallest absolute Gasteiger partial charge is 0.475 e. The van der Waals surface area contributed by atoms with Gasteiger partial charge in [0.2, 0.25) is 5.91 Å². The average molecular weight is 415 g/mol. The molecule has 1 saturated heterocycles. The predicted octanol–water partition coefficient (Wildman–Crippen LogP) is 3.12. The van der Waals surface area contributed by atoms with E-state index in [2.05, 4.69) is 15.6 Å². The van der Waals surface area contributed by atoms with Gasteiger partial charge < -0.3 is 15.7 Å². The molecular formula is C16H17F6N3O3. The van der Waals surface area contributed by atoms with Crippen molar-refractivity contribution in [1.82, 2.24) is 10.3 Å². The number of anilines is 1. The normalized spacial score (nSPS) is 28.9. The molecule has 2 aliphatic rings. The molecule has 1 aliphatic heterocycles. The quantitative estimate of drug-likeness (QED) is 0.646. The van der Waals surface area contributed by atoms with E-state index in [9.17, 15) is 31.1 Å². The van der Waals surface area contributed by atoms with Crippen molar-refractivity contribution in [3.63, 3.8) is 0 Å². The summed E-state index contributed by atoms with van der Waals surface area (Å²) in [5.74, 6) is -3.38. The Morgan fingerprint density at radius 2 is 1.89 bits per heavy atom. The maximum atomic E-state index is 12.7. The van der Waals surface area contributed by atoms with E-state index >= 15 is 0 Å². The molecule has 3 N–H and O–H groups in total. The highest BCUT2D eigenvalue weighted by Gasteiger charge is 2.58. The second-order valence-electron chi connectivity index (χ2n) is 6.57. The van der Waals surface area contributed by atoms with Crippen molar-refractivity contribution in [2.24, 2.45) is 5.41 Å². The van der Waals surface area contributed by atoms with Gasteiger partial charge in [0.25, 0.3) is 0 Å². The van der Waals surface area contributed by atoms with Crippen molar-refractivity contribution < 1.29 is 43.8 Å². The third-order valence-corrected chi connectivity index (χ3v) is 4.21. The molecule has 2 fully saturated rings. The van der Waals surface area contributed by atoms with Crippen molar-refractivity contribution in [1.29, 1.82) is 0 Å². The lowest BCUT2D eigenvalue weighted by Crippen LogP contribution is -2.38. The number of carbonyl (C=O) groups excluding carboxylic acids is 1. The zero-order chi connectivity index (χ0) is 23.3. The Labute approximate surface area is 158 Å². The number of hydrogen-bond acceptors (Lipinski definition) is 4. The molecule has 12 heteroatoms. The van der Waals surface area contributed by atoms with Crippen LogP contribution in [-0.2, 0) is 15.8 Å². The van der Waals surface area contributed by atoms with Gasteiger partial charge in [0, 0.05) is 8.78 Å². The molecule has 0 aromatic carbocycles. The van der Waals surface area contributed by atoms with Crippen molar-refractivity contribution in [2.75, 3.05) is 5.32 Å². The number of halogens is 6. The number of nitrogens with one attached hydrogen (secondary N) is 2.